The van der Waals surface area contributed by atoms with Crippen molar-refractivity contribution in [2.24, 2.45) is 0 Å². The van der Waals surface area contributed by atoms with Gasteiger partial charge in [-0.25, -0.2) is 9.97 Å². The maximum absolute atomic E-state index is 12.7. The molecular formula is C22H24N4O. The maximum Gasteiger partial charge on any atom is 0.274 e. The molecule has 0 unspecified atom stereocenters. The number of benzene rings is 2. The van der Waals surface area contributed by atoms with Crippen molar-refractivity contribution in [3.8, 4) is 0 Å². The van der Waals surface area contributed by atoms with Gasteiger partial charge >= 0.3 is 0 Å². The maximum atomic E-state index is 12.7. The Morgan fingerprint density at radius 2 is 1.74 bits per heavy atom. The number of hydrogen-bond acceptors (Lipinski definition) is 4. The van der Waals surface area contributed by atoms with E-state index in [1.54, 1.807) is 13.0 Å². The standard InChI is InChI=1S/C22H24N4O/c1-15-10-11-16(2)19(12-15)25-22(27)20-13-21(24-17(3)23-20)26(4)14-18-8-6-5-7-9-18/h5-13H,14H2,1-4H3,(H,25,27). The highest BCUT2D eigenvalue weighted by Gasteiger charge is 2.14. The van der Waals surface area contributed by atoms with E-state index in [1.807, 2.05) is 62.2 Å². The number of anilines is 2. The zero-order valence-electron chi connectivity index (χ0n) is 16.2. The summed E-state index contributed by atoms with van der Waals surface area (Å²) in [4.78, 5) is 23.6. The second-order valence-electron chi connectivity index (χ2n) is 6.77. The number of rotatable bonds is 5. The molecule has 3 rings (SSSR count). The fraction of sp³-hybridized carbons (Fsp3) is 0.227. The minimum Gasteiger partial charge on any atom is -0.355 e. The van der Waals surface area contributed by atoms with Gasteiger partial charge in [-0.3, -0.25) is 4.79 Å². The molecule has 0 aliphatic rings. The lowest BCUT2D eigenvalue weighted by atomic mass is 10.1. The van der Waals surface area contributed by atoms with E-state index in [1.165, 1.54) is 5.56 Å². The van der Waals surface area contributed by atoms with Gasteiger partial charge in [0.2, 0.25) is 0 Å². The highest BCUT2D eigenvalue weighted by atomic mass is 16.1. The summed E-state index contributed by atoms with van der Waals surface area (Å²) in [6, 6.07) is 17.9. The Hall–Kier alpha value is -3.21. The predicted molar refractivity (Wildman–Crippen MR) is 109 cm³/mol. The molecule has 0 saturated carbocycles. The Labute approximate surface area is 160 Å². The normalized spacial score (nSPS) is 10.5. The van der Waals surface area contributed by atoms with Crippen molar-refractivity contribution in [3.63, 3.8) is 0 Å². The first-order valence-corrected chi connectivity index (χ1v) is 8.92. The van der Waals surface area contributed by atoms with E-state index in [0.717, 1.165) is 22.6 Å². The quantitative estimate of drug-likeness (QED) is 0.737. The molecule has 1 aromatic heterocycles. The van der Waals surface area contributed by atoms with Crippen LogP contribution in [0, 0.1) is 20.8 Å². The van der Waals surface area contributed by atoms with Gasteiger partial charge in [0.05, 0.1) is 0 Å². The number of nitrogens with zero attached hydrogens (tertiary/aromatic N) is 3. The van der Waals surface area contributed by atoms with Gasteiger partial charge in [-0.15, -0.1) is 0 Å². The monoisotopic (exact) mass is 360 g/mol. The van der Waals surface area contributed by atoms with Crippen molar-refractivity contribution in [2.45, 2.75) is 27.3 Å². The van der Waals surface area contributed by atoms with Crippen LogP contribution in [0.4, 0.5) is 11.5 Å². The molecule has 138 valence electrons. The van der Waals surface area contributed by atoms with Gasteiger partial charge in [-0.2, -0.15) is 0 Å². The van der Waals surface area contributed by atoms with Crippen LogP contribution >= 0.6 is 0 Å². The summed E-state index contributed by atoms with van der Waals surface area (Å²) in [6.07, 6.45) is 0. The molecule has 3 aromatic rings. The minimum absolute atomic E-state index is 0.233. The van der Waals surface area contributed by atoms with Crippen LogP contribution < -0.4 is 10.2 Å². The van der Waals surface area contributed by atoms with Crippen LogP contribution in [-0.4, -0.2) is 22.9 Å². The van der Waals surface area contributed by atoms with Crippen LogP contribution in [0.1, 0.15) is 33.0 Å². The van der Waals surface area contributed by atoms with Crippen LogP contribution in [0.5, 0.6) is 0 Å². The molecule has 1 heterocycles. The Balaban J connectivity index is 1.82. The smallest absolute Gasteiger partial charge is 0.274 e. The lowest BCUT2D eigenvalue weighted by molar-refractivity contribution is 0.102. The molecule has 0 atom stereocenters. The lowest BCUT2D eigenvalue weighted by Gasteiger charge is -2.19. The molecule has 1 N–H and O–H groups in total. The Morgan fingerprint density at radius 3 is 2.48 bits per heavy atom. The second kappa shape index (κ2) is 7.99. The summed E-state index contributed by atoms with van der Waals surface area (Å²) in [6.45, 7) is 6.48. The van der Waals surface area contributed by atoms with Gasteiger partial charge in [-0.05, 0) is 43.5 Å². The van der Waals surface area contributed by atoms with Crippen LogP contribution in [0.3, 0.4) is 0 Å². The zero-order valence-corrected chi connectivity index (χ0v) is 16.2. The Bertz CT molecular complexity index is 954. The summed E-state index contributed by atoms with van der Waals surface area (Å²) in [5.41, 5.74) is 4.45. The van der Waals surface area contributed by atoms with Gasteiger partial charge in [0.15, 0.2) is 0 Å². The molecule has 0 aliphatic heterocycles. The molecule has 2 aromatic carbocycles. The number of hydrogen-bond donors (Lipinski definition) is 1. The van der Waals surface area contributed by atoms with Crippen molar-refractivity contribution in [3.05, 3.63) is 82.8 Å². The van der Waals surface area contributed by atoms with E-state index >= 15 is 0 Å². The van der Waals surface area contributed by atoms with Crippen molar-refractivity contribution >= 4 is 17.4 Å². The van der Waals surface area contributed by atoms with E-state index in [4.69, 9.17) is 0 Å². The molecule has 0 fully saturated rings. The summed E-state index contributed by atoms with van der Waals surface area (Å²) < 4.78 is 0. The Kier molecular flexibility index (Phi) is 5.50. The minimum atomic E-state index is -0.233. The predicted octanol–water partition coefficient (Wildman–Crippen LogP) is 4.29. The van der Waals surface area contributed by atoms with Crippen LogP contribution in [0.15, 0.2) is 54.6 Å². The lowest BCUT2D eigenvalue weighted by Crippen LogP contribution is -2.21. The van der Waals surface area contributed by atoms with E-state index < -0.39 is 0 Å². The van der Waals surface area contributed by atoms with Gasteiger partial charge in [0, 0.05) is 25.3 Å². The first-order chi connectivity index (χ1) is 12.9. The van der Waals surface area contributed by atoms with Gasteiger partial charge in [0.1, 0.15) is 17.3 Å². The number of amides is 1. The SMILES string of the molecule is Cc1ccc(C)c(NC(=O)c2cc(N(C)Cc3ccccc3)nc(C)n2)c1. The molecule has 1 amide bonds. The Morgan fingerprint density at radius 1 is 1.00 bits per heavy atom. The summed E-state index contributed by atoms with van der Waals surface area (Å²) >= 11 is 0. The third kappa shape index (κ3) is 4.70. The van der Waals surface area contributed by atoms with Gasteiger partial charge < -0.3 is 10.2 Å². The summed E-state index contributed by atoms with van der Waals surface area (Å²) in [5.74, 6) is 1.06. The topological polar surface area (TPSA) is 58.1 Å². The summed E-state index contributed by atoms with van der Waals surface area (Å²) in [5, 5.41) is 2.96. The first kappa shape index (κ1) is 18.6. The summed E-state index contributed by atoms with van der Waals surface area (Å²) in [7, 11) is 1.96. The molecule has 5 heteroatoms. The van der Waals surface area contributed by atoms with Crippen molar-refractivity contribution in [2.75, 3.05) is 17.3 Å². The average Bonchev–Trinajstić information content (AvgIpc) is 2.65. The molecule has 0 spiro atoms. The molecule has 5 nitrogen and oxygen atoms in total. The number of carbonyl (C=O) groups excluding carboxylic acids is 1. The second-order valence-corrected chi connectivity index (χ2v) is 6.77. The number of aromatic nitrogens is 2. The largest absolute Gasteiger partial charge is 0.355 e. The van der Waals surface area contributed by atoms with Crippen LogP contribution in [0.2, 0.25) is 0 Å². The highest BCUT2D eigenvalue weighted by Crippen LogP contribution is 2.19. The molecule has 0 saturated heterocycles. The molecule has 0 bridgehead atoms. The average molecular weight is 360 g/mol. The third-order valence-electron chi connectivity index (χ3n) is 4.35. The van der Waals surface area contributed by atoms with Gasteiger partial charge in [-0.1, -0.05) is 42.5 Å². The van der Waals surface area contributed by atoms with Gasteiger partial charge in [0.25, 0.3) is 5.91 Å². The van der Waals surface area contributed by atoms with Crippen molar-refractivity contribution in [1.82, 2.24) is 9.97 Å². The zero-order chi connectivity index (χ0) is 19.4. The number of aryl methyl sites for hydroxylation is 3. The fourth-order valence-electron chi connectivity index (χ4n) is 2.86. The molecule has 0 radical (unpaired) electrons. The van der Waals surface area contributed by atoms with E-state index in [0.29, 0.717) is 18.1 Å². The first-order valence-electron chi connectivity index (χ1n) is 8.92. The van der Waals surface area contributed by atoms with Crippen molar-refractivity contribution in [1.29, 1.82) is 0 Å². The van der Waals surface area contributed by atoms with E-state index in [9.17, 15) is 4.79 Å². The number of carbonyl (C=O) groups is 1. The van der Waals surface area contributed by atoms with Crippen molar-refractivity contribution < 1.29 is 4.79 Å². The van der Waals surface area contributed by atoms with Crippen LogP contribution in [-0.2, 0) is 6.54 Å². The highest BCUT2D eigenvalue weighted by molar-refractivity contribution is 6.03. The number of nitrogens with one attached hydrogen (secondary N) is 1. The van der Waals surface area contributed by atoms with E-state index in [2.05, 4.69) is 27.4 Å². The molecule has 27 heavy (non-hydrogen) atoms. The van der Waals surface area contributed by atoms with Crippen LogP contribution in [0.25, 0.3) is 0 Å². The third-order valence-corrected chi connectivity index (χ3v) is 4.35. The van der Waals surface area contributed by atoms with E-state index in [-0.39, 0.29) is 5.91 Å². The fourth-order valence-corrected chi connectivity index (χ4v) is 2.86. The molecule has 0 aliphatic carbocycles. The molecular weight excluding hydrogens is 336 g/mol.